The second kappa shape index (κ2) is 10.6. The lowest BCUT2D eigenvalue weighted by Crippen LogP contribution is -2.37. The van der Waals surface area contributed by atoms with Crippen molar-refractivity contribution in [2.75, 3.05) is 34.5 Å². The molecule has 0 bridgehead atoms. The van der Waals surface area contributed by atoms with Gasteiger partial charge in [0.05, 0.1) is 39.5 Å². The van der Waals surface area contributed by atoms with Crippen LogP contribution in [0.15, 0.2) is 47.0 Å². The fourth-order valence-electron chi connectivity index (χ4n) is 4.00. The molecule has 3 aromatic rings. The van der Waals surface area contributed by atoms with Crippen LogP contribution in [0, 0.1) is 5.82 Å². The molecule has 1 atom stereocenters. The van der Waals surface area contributed by atoms with Crippen LogP contribution in [0.3, 0.4) is 0 Å². The minimum atomic E-state index is -0.567. The maximum atomic E-state index is 14.3. The molecule has 1 aromatic heterocycles. The van der Waals surface area contributed by atoms with Gasteiger partial charge in [-0.3, -0.25) is 4.79 Å². The molecule has 8 nitrogen and oxygen atoms in total. The van der Waals surface area contributed by atoms with E-state index in [1.54, 1.807) is 35.2 Å². The molecule has 0 aliphatic carbocycles. The normalized spacial score (nSPS) is 15.2. The minimum absolute atomic E-state index is 0.00819. The zero-order valence-corrected chi connectivity index (χ0v) is 19.4. The molecule has 1 fully saturated rings. The molecule has 2 heterocycles. The number of benzene rings is 2. The molecule has 1 amide bonds. The van der Waals surface area contributed by atoms with Gasteiger partial charge in [-0.15, -0.1) is 0 Å². The average molecular weight is 470 g/mol. The van der Waals surface area contributed by atoms with Crippen molar-refractivity contribution in [3.8, 4) is 28.6 Å². The number of methoxy groups -OCH3 is 3. The Balaban J connectivity index is 1.60. The molecule has 1 aliphatic heterocycles. The van der Waals surface area contributed by atoms with E-state index in [9.17, 15) is 9.18 Å². The second-order valence-electron chi connectivity index (χ2n) is 7.90. The van der Waals surface area contributed by atoms with Crippen molar-refractivity contribution >= 4 is 5.91 Å². The van der Waals surface area contributed by atoms with Crippen LogP contribution >= 0.6 is 0 Å². The summed E-state index contributed by atoms with van der Waals surface area (Å²) in [6, 6.07) is 11.2. The number of aromatic nitrogens is 1. The third-order valence-corrected chi connectivity index (χ3v) is 5.70. The lowest BCUT2D eigenvalue weighted by Gasteiger charge is -2.24. The van der Waals surface area contributed by atoms with Crippen molar-refractivity contribution < 1.29 is 32.7 Å². The van der Waals surface area contributed by atoms with Gasteiger partial charge in [0.25, 0.3) is 5.91 Å². The quantitative estimate of drug-likeness (QED) is 0.460. The van der Waals surface area contributed by atoms with Crippen molar-refractivity contribution in [2.45, 2.75) is 25.5 Å². The number of carbonyl (C=O) groups is 1. The van der Waals surface area contributed by atoms with Crippen LogP contribution in [0.2, 0.25) is 0 Å². The SMILES string of the molecule is COc1cc(-c2cc(CN(C[C@H]3CCCO3)C(=O)c3ccccc3F)no2)cc(OC)c1OC. The summed E-state index contributed by atoms with van der Waals surface area (Å²) >= 11 is 0. The Morgan fingerprint density at radius 1 is 1.12 bits per heavy atom. The molecule has 2 aromatic carbocycles. The Labute approximate surface area is 197 Å². The molecule has 180 valence electrons. The largest absolute Gasteiger partial charge is 0.493 e. The van der Waals surface area contributed by atoms with Crippen molar-refractivity contribution in [1.29, 1.82) is 0 Å². The maximum Gasteiger partial charge on any atom is 0.257 e. The van der Waals surface area contributed by atoms with Crippen molar-refractivity contribution in [3.05, 3.63) is 59.5 Å². The lowest BCUT2D eigenvalue weighted by atomic mass is 10.1. The molecule has 0 N–H and O–H groups in total. The number of carbonyl (C=O) groups excluding carboxylic acids is 1. The Kier molecular flexibility index (Phi) is 7.32. The third-order valence-electron chi connectivity index (χ3n) is 5.70. The smallest absolute Gasteiger partial charge is 0.257 e. The van der Waals surface area contributed by atoms with E-state index in [0.717, 1.165) is 12.8 Å². The van der Waals surface area contributed by atoms with Gasteiger partial charge in [-0.2, -0.15) is 0 Å². The summed E-state index contributed by atoms with van der Waals surface area (Å²) in [6.45, 7) is 1.13. The van der Waals surface area contributed by atoms with E-state index < -0.39 is 11.7 Å². The van der Waals surface area contributed by atoms with Crippen molar-refractivity contribution in [3.63, 3.8) is 0 Å². The van der Waals surface area contributed by atoms with Gasteiger partial charge in [0.15, 0.2) is 17.3 Å². The summed E-state index contributed by atoms with van der Waals surface area (Å²) in [5, 5.41) is 4.14. The topological polar surface area (TPSA) is 83.3 Å². The Bertz CT molecular complexity index is 1120. The van der Waals surface area contributed by atoms with E-state index in [2.05, 4.69) is 5.16 Å². The zero-order valence-electron chi connectivity index (χ0n) is 19.4. The van der Waals surface area contributed by atoms with Gasteiger partial charge in [0.1, 0.15) is 11.5 Å². The third kappa shape index (κ3) is 4.99. The van der Waals surface area contributed by atoms with Gasteiger partial charge in [0.2, 0.25) is 5.75 Å². The van der Waals surface area contributed by atoms with Crippen LogP contribution in [-0.4, -0.2) is 56.5 Å². The first-order chi connectivity index (χ1) is 16.5. The first-order valence-electron chi connectivity index (χ1n) is 11.0. The minimum Gasteiger partial charge on any atom is -0.493 e. The van der Waals surface area contributed by atoms with Gasteiger partial charge < -0.3 is 28.4 Å². The van der Waals surface area contributed by atoms with Crippen molar-refractivity contribution in [1.82, 2.24) is 10.1 Å². The van der Waals surface area contributed by atoms with Crippen LogP contribution in [0.25, 0.3) is 11.3 Å². The first-order valence-corrected chi connectivity index (χ1v) is 11.0. The standard InChI is InChI=1S/C25H27FN2O6/c1-30-22-11-16(12-23(31-2)24(22)32-3)21-13-17(27-34-21)14-28(15-18-7-6-10-33-18)25(29)19-8-4-5-9-20(19)26/h4-5,8-9,11-13,18H,6-7,10,14-15H2,1-3H3/t18-/m1/s1. The highest BCUT2D eigenvalue weighted by Gasteiger charge is 2.26. The summed E-state index contributed by atoms with van der Waals surface area (Å²) in [5.74, 6) is 0.888. The van der Waals surface area contributed by atoms with E-state index in [1.807, 2.05) is 0 Å². The summed E-state index contributed by atoms with van der Waals surface area (Å²) in [6.07, 6.45) is 1.68. The average Bonchev–Trinajstić information content (AvgIpc) is 3.55. The van der Waals surface area contributed by atoms with E-state index in [-0.39, 0.29) is 18.2 Å². The summed E-state index contributed by atoms with van der Waals surface area (Å²) in [5.41, 5.74) is 1.19. The fraction of sp³-hybridized carbons (Fsp3) is 0.360. The van der Waals surface area contributed by atoms with E-state index in [1.165, 1.54) is 33.5 Å². The molecule has 0 radical (unpaired) electrons. The molecule has 0 unspecified atom stereocenters. The van der Waals surface area contributed by atoms with Crippen LogP contribution < -0.4 is 14.2 Å². The molecule has 9 heteroatoms. The van der Waals surface area contributed by atoms with E-state index in [0.29, 0.717) is 47.4 Å². The monoisotopic (exact) mass is 470 g/mol. The zero-order chi connectivity index (χ0) is 24.1. The molecular formula is C25H27FN2O6. The Hall–Kier alpha value is -3.59. The van der Waals surface area contributed by atoms with Gasteiger partial charge in [0, 0.05) is 24.8 Å². The predicted molar refractivity (Wildman–Crippen MR) is 122 cm³/mol. The summed E-state index contributed by atoms with van der Waals surface area (Å²) in [7, 11) is 4.59. The van der Waals surface area contributed by atoms with E-state index in [4.69, 9.17) is 23.5 Å². The predicted octanol–water partition coefficient (Wildman–Crippen LogP) is 4.33. The van der Waals surface area contributed by atoms with Gasteiger partial charge in [-0.25, -0.2) is 4.39 Å². The molecular weight excluding hydrogens is 443 g/mol. The number of hydrogen-bond donors (Lipinski definition) is 0. The Morgan fingerprint density at radius 3 is 2.47 bits per heavy atom. The van der Waals surface area contributed by atoms with Gasteiger partial charge >= 0.3 is 0 Å². The van der Waals surface area contributed by atoms with Crippen LogP contribution in [0.1, 0.15) is 28.9 Å². The molecule has 0 saturated carbocycles. The van der Waals surface area contributed by atoms with Gasteiger partial charge in [-0.1, -0.05) is 17.3 Å². The molecule has 1 saturated heterocycles. The maximum absolute atomic E-state index is 14.3. The highest BCUT2D eigenvalue weighted by atomic mass is 19.1. The highest BCUT2D eigenvalue weighted by Crippen LogP contribution is 2.41. The second-order valence-corrected chi connectivity index (χ2v) is 7.90. The number of ether oxygens (including phenoxy) is 4. The van der Waals surface area contributed by atoms with Crippen LogP contribution in [0.5, 0.6) is 17.2 Å². The van der Waals surface area contributed by atoms with Crippen LogP contribution in [-0.2, 0) is 11.3 Å². The number of nitrogens with zero attached hydrogens (tertiary/aromatic N) is 2. The first kappa shape index (κ1) is 23.6. The summed E-state index contributed by atoms with van der Waals surface area (Å²) < 4.78 is 41.8. The Morgan fingerprint density at radius 2 is 1.85 bits per heavy atom. The van der Waals surface area contributed by atoms with E-state index >= 15 is 0 Å². The number of halogens is 1. The lowest BCUT2D eigenvalue weighted by molar-refractivity contribution is 0.0499. The molecule has 34 heavy (non-hydrogen) atoms. The number of amides is 1. The fourth-order valence-corrected chi connectivity index (χ4v) is 4.00. The molecule has 4 rings (SSSR count). The van der Waals surface area contributed by atoms with Crippen molar-refractivity contribution in [2.24, 2.45) is 0 Å². The summed E-state index contributed by atoms with van der Waals surface area (Å²) in [4.78, 5) is 14.7. The molecule has 0 spiro atoms. The molecule has 1 aliphatic rings. The highest BCUT2D eigenvalue weighted by molar-refractivity contribution is 5.94. The number of hydrogen-bond acceptors (Lipinski definition) is 7. The van der Waals surface area contributed by atoms with Gasteiger partial charge in [-0.05, 0) is 37.1 Å². The number of rotatable bonds is 9. The van der Waals surface area contributed by atoms with Crippen LogP contribution in [0.4, 0.5) is 4.39 Å².